The van der Waals surface area contributed by atoms with E-state index < -0.39 is 6.10 Å². The number of halogens is 1. The number of carbonyl (C=O) groups excluding carboxylic acids is 1. The molecule has 35 heavy (non-hydrogen) atoms. The molecule has 7 heteroatoms. The molecule has 0 spiro atoms. The van der Waals surface area contributed by atoms with Crippen molar-refractivity contribution in [3.63, 3.8) is 0 Å². The lowest BCUT2D eigenvalue weighted by Gasteiger charge is -2.23. The molecule has 3 N–H and O–H groups in total. The maximum absolute atomic E-state index is 13.2. The molecule has 6 nitrogen and oxygen atoms in total. The number of anilines is 1. The monoisotopic (exact) mass is 469 g/mol. The highest BCUT2D eigenvalue weighted by molar-refractivity contribution is 5.92. The van der Waals surface area contributed by atoms with E-state index in [1.165, 1.54) is 12.1 Å². The first-order chi connectivity index (χ1) is 17.0. The fourth-order valence-corrected chi connectivity index (χ4v) is 4.35. The summed E-state index contributed by atoms with van der Waals surface area (Å²) in [6.07, 6.45) is 0.283. The standard InChI is InChI=1S/C28H24FN3O3/c29-21-10-6-17(7-11-21)15-24(34)31-28-26(27(35)19-4-2-1-3-5-19)32-25-22-12-8-18(16-33)14-20(22)9-13-23(25)30-28/h1-8,10-12,14,27,33,35H,9,13,15-16H2,(H,30,31,34). The fourth-order valence-electron chi connectivity index (χ4n) is 4.35. The van der Waals surface area contributed by atoms with E-state index in [0.29, 0.717) is 23.2 Å². The van der Waals surface area contributed by atoms with Gasteiger partial charge in [-0.25, -0.2) is 14.4 Å². The Morgan fingerprint density at radius 1 is 0.971 bits per heavy atom. The molecular weight excluding hydrogens is 445 g/mol. The summed E-state index contributed by atoms with van der Waals surface area (Å²) in [4.78, 5) is 22.4. The van der Waals surface area contributed by atoms with E-state index in [9.17, 15) is 19.4 Å². The molecule has 1 atom stereocenters. The van der Waals surface area contributed by atoms with Crippen LogP contribution < -0.4 is 5.32 Å². The lowest BCUT2D eigenvalue weighted by Crippen LogP contribution is -2.21. The maximum atomic E-state index is 13.2. The number of nitrogens with zero attached hydrogens (tertiary/aromatic N) is 2. The molecule has 1 aromatic heterocycles. The lowest BCUT2D eigenvalue weighted by atomic mass is 9.90. The Balaban J connectivity index is 1.54. The molecule has 3 aromatic carbocycles. The van der Waals surface area contributed by atoms with Gasteiger partial charge in [-0.1, -0.05) is 60.7 Å². The summed E-state index contributed by atoms with van der Waals surface area (Å²) in [5.41, 5.74) is 5.73. The maximum Gasteiger partial charge on any atom is 0.229 e. The average molecular weight is 470 g/mol. The quantitative estimate of drug-likeness (QED) is 0.395. The van der Waals surface area contributed by atoms with Crippen LogP contribution in [0.4, 0.5) is 10.2 Å². The van der Waals surface area contributed by atoms with E-state index in [1.807, 2.05) is 36.4 Å². The number of carbonyl (C=O) groups is 1. The minimum absolute atomic E-state index is 0.0344. The van der Waals surface area contributed by atoms with Gasteiger partial charge in [0.1, 0.15) is 17.6 Å². The molecule has 0 radical (unpaired) electrons. The van der Waals surface area contributed by atoms with Crippen molar-refractivity contribution in [1.82, 2.24) is 9.97 Å². The minimum Gasteiger partial charge on any atom is -0.392 e. The Bertz CT molecular complexity index is 1370. The number of aryl methyl sites for hydroxylation is 2. The van der Waals surface area contributed by atoms with Gasteiger partial charge in [0.2, 0.25) is 5.91 Å². The van der Waals surface area contributed by atoms with Gasteiger partial charge in [-0.2, -0.15) is 0 Å². The Kier molecular flexibility index (Phi) is 6.35. The van der Waals surface area contributed by atoms with Gasteiger partial charge in [-0.15, -0.1) is 0 Å². The summed E-state index contributed by atoms with van der Waals surface area (Å²) >= 11 is 0. The van der Waals surface area contributed by atoms with Gasteiger partial charge < -0.3 is 15.5 Å². The molecule has 1 unspecified atom stereocenters. The van der Waals surface area contributed by atoms with Crippen molar-refractivity contribution in [2.45, 2.75) is 32.0 Å². The van der Waals surface area contributed by atoms with Crippen LogP contribution in [0.2, 0.25) is 0 Å². The van der Waals surface area contributed by atoms with Crippen molar-refractivity contribution in [3.05, 3.63) is 112 Å². The highest BCUT2D eigenvalue weighted by atomic mass is 19.1. The van der Waals surface area contributed by atoms with Gasteiger partial charge in [0.05, 0.1) is 24.4 Å². The smallest absolute Gasteiger partial charge is 0.229 e. The SMILES string of the molecule is O=C(Cc1ccc(F)cc1)Nc1nc2c(nc1C(O)c1ccccc1)-c1ccc(CO)cc1CC2. The normalized spacial score (nSPS) is 13.0. The molecule has 176 valence electrons. The second kappa shape index (κ2) is 9.74. The van der Waals surface area contributed by atoms with Gasteiger partial charge >= 0.3 is 0 Å². The average Bonchev–Trinajstić information content (AvgIpc) is 2.89. The highest BCUT2D eigenvalue weighted by Gasteiger charge is 2.26. The molecule has 0 fully saturated rings. The van der Waals surface area contributed by atoms with Gasteiger partial charge in [-0.3, -0.25) is 4.79 Å². The van der Waals surface area contributed by atoms with E-state index in [2.05, 4.69) is 5.32 Å². The number of hydrogen-bond donors (Lipinski definition) is 3. The third-order valence-electron chi connectivity index (χ3n) is 6.14. The van der Waals surface area contributed by atoms with Crippen LogP contribution in [-0.2, 0) is 30.7 Å². The van der Waals surface area contributed by atoms with Crippen LogP contribution in [0.3, 0.4) is 0 Å². The molecule has 0 bridgehead atoms. The first-order valence-electron chi connectivity index (χ1n) is 11.4. The molecular formula is C28H24FN3O3. The van der Waals surface area contributed by atoms with Crippen LogP contribution in [0.5, 0.6) is 0 Å². The van der Waals surface area contributed by atoms with Gasteiger partial charge in [0, 0.05) is 5.56 Å². The molecule has 4 aromatic rings. The van der Waals surface area contributed by atoms with Crippen LogP contribution in [-0.4, -0.2) is 26.1 Å². The predicted octanol–water partition coefficient (Wildman–Crippen LogP) is 4.14. The van der Waals surface area contributed by atoms with Crippen molar-refractivity contribution in [3.8, 4) is 11.3 Å². The zero-order valence-electron chi connectivity index (χ0n) is 18.9. The second-order valence-corrected chi connectivity index (χ2v) is 8.57. The third kappa shape index (κ3) is 4.82. The largest absolute Gasteiger partial charge is 0.392 e. The van der Waals surface area contributed by atoms with Crippen molar-refractivity contribution in [2.24, 2.45) is 0 Å². The number of benzene rings is 3. The number of rotatable bonds is 6. The van der Waals surface area contributed by atoms with Gasteiger partial charge in [0.15, 0.2) is 5.82 Å². The molecule has 1 aliphatic rings. The number of aromatic nitrogens is 2. The highest BCUT2D eigenvalue weighted by Crippen LogP contribution is 2.36. The van der Waals surface area contributed by atoms with E-state index in [-0.39, 0.29) is 36.3 Å². The fraction of sp³-hybridized carbons (Fsp3) is 0.179. The minimum atomic E-state index is -1.10. The summed E-state index contributed by atoms with van der Waals surface area (Å²) in [6.45, 7) is -0.0389. The van der Waals surface area contributed by atoms with Crippen molar-refractivity contribution in [1.29, 1.82) is 0 Å². The zero-order chi connectivity index (χ0) is 24.4. The summed E-state index contributed by atoms with van der Waals surface area (Å²) in [6, 6.07) is 20.5. The Morgan fingerprint density at radius 3 is 2.46 bits per heavy atom. The predicted molar refractivity (Wildman–Crippen MR) is 130 cm³/mol. The van der Waals surface area contributed by atoms with Crippen molar-refractivity contribution >= 4 is 11.7 Å². The topological polar surface area (TPSA) is 95.3 Å². The summed E-state index contributed by atoms with van der Waals surface area (Å²) < 4.78 is 13.2. The summed E-state index contributed by atoms with van der Waals surface area (Å²) in [5, 5.41) is 23.5. The summed E-state index contributed by atoms with van der Waals surface area (Å²) in [5.74, 6) is -0.492. The van der Waals surface area contributed by atoms with Crippen LogP contribution in [0, 0.1) is 5.82 Å². The van der Waals surface area contributed by atoms with Gasteiger partial charge in [0.25, 0.3) is 0 Å². The summed E-state index contributed by atoms with van der Waals surface area (Å²) in [7, 11) is 0. The van der Waals surface area contributed by atoms with E-state index in [0.717, 1.165) is 28.8 Å². The Morgan fingerprint density at radius 2 is 1.71 bits per heavy atom. The first kappa shape index (κ1) is 22.8. The van der Waals surface area contributed by atoms with E-state index in [1.54, 1.807) is 24.3 Å². The molecule has 5 rings (SSSR count). The number of aliphatic hydroxyl groups is 2. The lowest BCUT2D eigenvalue weighted by molar-refractivity contribution is -0.115. The van der Waals surface area contributed by atoms with Crippen molar-refractivity contribution in [2.75, 3.05) is 5.32 Å². The van der Waals surface area contributed by atoms with Crippen LogP contribution >= 0.6 is 0 Å². The van der Waals surface area contributed by atoms with Crippen LogP contribution in [0.1, 0.15) is 39.7 Å². The molecule has 0 aliphatic heterocycles. The van der Waals surface area contributed by atoms with E-state index in [4.69, 9.17) is 9.97 Å². The number of fused-ring (bicyclic) bond motifs is 3. The van der Waals surface area contributed by atoms with Crippen LogP contribution in [0.15, 0.2) is 72.8 Å². The molecule has 1 amide bonds. The van der Waals surface area contributed by atoms with Crippen molar-refractivity contribution < 1.29 is 19.4 Å². The molecule has 1 heterocycles. The van der Waals surface area contributed by atoms with Crippen LogP contribution in [0.25, 0.3) is 11.3 Å². The first-order valence-corrected chi connectivity index (χ1v) is 11.4. The third-order valence-corrected chi connectivity index (χ3v) is 6.14. The van der Waals surface area contributed by atoms with E-state index >= 15 is 0 Å². The molecule has 1 aliphatic carbocycles. The number of amides is 1. The molecule has 0 saturated heterocycles. The molecule has 0 saturated carbocycles. The Hall–Kier alpha value is -3.94. The Labute approximate surface area is 202 Å². The number of nitrogens with one attached hydrogen (secondary N) is 1. The second-order valence-electron chi connectivity index (χ2n) is 8.57. The number of aliphatic hydroxyl groups excluding tert-OH is 2. The zero-order valence-corrected chi connectivity index (χ0v) is 18.9. The van der Waals surface area contributed by atoms with Gasteiger partial charge in [-0.05, 0) is 47.2 Å². The number of hydrogen-bond acceptors (Lipinski definition) is 5.